The molecule has 0 atom stereocenters. The van der Waals surface area contributed by atoms with Crippen molar-refractivity contribution in [1.29, 1.82) is 0 Å². The van der Waals surface area contributed by atoms with Gasteiger partial charge in [-0.15, -0.1) is 10.2 Å². The van der Waals surface area contributed by atoms with Crippen molar-refractivity contribution in [2.75, 3.05) is 0 Å². The maximum Gasteiger partial charge on any atom is 0.225 e. The summed E-state index contributed by atoms with van der Waals surface area (Å²) in [5, 5.41) is 7.97. The summed E-state index contributed by atoms with van der Waals surface area (Å²) in [4.78, 5) is 0. The first-order valence-electron chi connectivity index (χ1n) is 5.62. The van der Waals surface area contributed by atoms with Gasteiger partial charge in [-0.2, -0.15) is 0 Å². The van der Waals surface area contributed by atoms with Gasteiger partial charge in [0, 0.05) is 19.0 Å². The van der Waals surface area contributed by atoms with Crippen molar-refractivity contribution >= 4 is 11.6 Å². The fourth-order valence-electron chi connectivity index (χ4n) is 1.79. The highest BCUT2D eigenvalue weighted by atomic mass is 35.5. The van der Waals surface area contributed by atoms with Crippen LogP contribution >= 0.6 is 11.6 Å². The number of benzene rings is 1. The number of hydrogen-bond acceptors (Lipinski definition) is 2. The predicted octanol–water partition coefficient (Wildman–Crippen LogP) is 3.01. The molecule has 0 aliphatic rings. The summed E-state index contributed by atoms with van der Waals surface area (Å²) in [6.07, 6.45) is 1.18. The van der Waals surface area contributed by atoms with Crippen molar-refractivity contribution in [2.24, 2.45) is 0 Å². The van der Waals surface area contributed by atoms with Crippen LogP contribution in [0.1, 0.15) is 18.3 Å². The Morgan fingerprint density at radius 1 is 1.17 bits per heavy atom. The van der Waals surface area contributed by atoms with Crippen molar-refractivity contribution in [3.63, 3.8) is 0 Å². The molecule has 0 fully saturated rings. The van der Waals surface area contributed by atoms with Crippen LogP contribution in [0.2, 0.25) is 5.28 Å². The predicted molar refractivity (Wildman–Crippen MR) is 64.5 cm³/mol. The molecule has 0 saturated carbocycles. The Morgan fingerprint density at radius 3 is 2.44 bits per heavy atom. The van der Waals surface area contributed by atoms with E-state index in [1.807, 2.05) is 6.92 Å². The normalized spacial score (nSPS) is 10.9. The average molecular weight is 272 g/mol. The molecule has 1 aromatic heterocycles. The molecule has 3 nitrogen and oxygen atoms in total. The van der Waals surface area contributed by atoms with Crippen LogP contribution in [-0.4, -0.2) is 14.8 Å². The zero-order valence-electron chi connectivity index (χ0n) is 9.83. The Morgan fingerprint density at radius 2 is 1.83 bits per heavy atom. The zero-order chi connectivity index (χ0) is 13.1. The minimum absolute atomic E-state index is 0.295. The molecule has 0 radical (unpaired) electrons. The van der Waals surface area contributed by atoms with Gasteiger partial charge < -0.3 is 4.57 Å². The van der Waals surface area contributed by atoms with Crippen LogP contribution < -0.4 is 0 Å². The molecule has 0 N–H and O–H groups in total. The summed E-state index contributed by atoms with van der Waals surface area (Å²) in [5.74, 6) is -0.386. The van der Waals surface area contributed by atoms with Crippen LogP contribution in [-0.2, 0) is 19.4 Å². The second-order valence-corrected chi connectivity index (χ2v) is 4.26. The topological polar surface area (TPSA) is 30.7 Å². The van der Waals surface area contributed by atoms with Gasteiger partial charge >= 0.3 is 0 Å². The lowest BCUT2D eigenvalue weighted by molar-refractivity contribution is 0.575. The Labute approximate surface area is 108 Å². The average Bonchev–Trinajstić information content (AvgIpc) is 2.66. The molecule has 1 aromatic carbocycles. The first-order valence-corrected chi connectivity index (χ1v) is 6.00. The second kappa shape index (κ2) is 5.44. The van der Waals surface area contributed by atoms with Crippen molar-refractivity contribution in [1.82, 2.24) is 14.8 Å². The first kappa shape index (κ1) is 13.0. The number of aromatic nitrogens is 3. The maximum absolute atomic E-state index is 13.0. The highest BCUT2D eigenvalue weighted by Gasteiger charge is 2.09. The van der Waals surface area contributed by atoms with Crippen LogP contribution in [0.15, 0.2) is 18.2 Å². The molecule has 0 unspecified atom stereocenters. The molecule has 0 aliphatic carbocycles. The molecule has 2 aromatic rings. The van der Waals surface area contributed by atoms with E-state index in [4.69, 9.17) is 11.6 Å². The monoisotopic (exact) mass is 271 g/mol. The second-order valence-electron chi connectivity index (χ2n) is 3.92. The van der Waals surface area contributed by atoms with Gasteiger partial charge in [0.05, 0.1) is 0 Å². The van der Waals surface area contributed by atoms with Crippen LogP contribution in [0, 0.1) is 11.6 Å². The van der Waals surface area contributed by atoms with Gasteiger partial charge in [-0.25, -0.2) is 8.78 Å². The molecule has 0 amide bonds. The lowest BCUT2D eigenvalue weighted by Crippen LogP contribution is -2.06. The summed E-state index contributed by atoms with van der Waals surface area (Å²) >= 11 is 5.89. The summed E-state index contributed by atoms with van der Waals surface area (Å²) in [6.45, 7) is 2.44. The van der Waals surface area contributed by atoms with Crippen molar-refractivity contribution in [3.05, 3.63) is 46.5 Å². The van der Waals surface area contributed by atoms with Crippen molar-refractivity contribution in [2.45, 2.75) is 26.3 Å². The Bertz CT molecular complexity index is 534. The summed E-state index contributed by atoms with van der Waals surface area (Å²) in [5.41, 5.74) is 0.583. The van der Waals surface area contributed by atoms with Gasteiger partial charge in [0.1, 0.15) is 17.5 Å². The fraction of sp³-hybridized carbons (Fsp3) is 0.333. The van der Waals surface area contributed by atoms with E-state index in [-0.39, 0.29) is 0 Å². The van der Waals surface area contributed by atoms with E-state index in [9.17, 15) is 8.78 Å². The number of halogens is 3. The maximum atomic E-state index is 13.0. The smallest absolute Gasteiger partial charge is 0.225 e. The van der Waals surface area contributed by atoms with E-state index in [1.165, 1.54) is 12.1 Å². The number of rotatable bonds is 4. The third-order valence-corrected chi connectivity index (χ3v) is 2.92. The third kappa shape index (κ3) is 2.85. The van der Waals surface area contributed by atoms with Gasteiger partial charge in [0.2, 0.25) is 5.28 Å². The van der Waals surface area contributed by atoms with Gasteiger partial charge in [-0.1, -0.05) is 6.92 Å². The molecule has 1 heterocycles. The summed E-state index contributed by atoms with van der Waals surface area (Å²) < 4.78 is 27.8. The van der Waals surface area contributed by atoms with E-state index < -0.39 is 11.6 Å². The van der Waals surface area contributed by atoms with E-state index in [2.05, 4.69) is 10.2 Å². The lowest BCUT2D eigenvalue weighted by atomic mass is 10.1. The highest BCUT2D eigenvalue weighted by molar-refractivity contribution is 6.28. The molecule has 0 saturated heterocycles. The van der Waals surface area contributed by atoms with Crippen molar-refractivity contribution < 1.29 is 8.78 Å². The van der Waals surface area contributed by atoms with E-state index in [0.717, 1.165) is 11.9 Å². The quantitative estimate of drug-likeness (QED) is 0.856. The molecule has 6 heteroatoms. The van der Waals surface area contributed by atoms with Crippen LogP contribution in [0.25, 0.3) is 0 Å². The number of aryl methyl sites for hydroxylation is 2. The van der Waals surface area contributed by atoms with Crippen molar-refractivity contribution in [3.8, 4) is 0 Å². The molecular formula is C12H12ClF2N3. The molecule has 2 rings (SSSR count). The van der Waals surface area contributed by atoms with Gasteiger partial charge in [0.15, 0.2) is 0 Å². The molecule has 0 bridgehead atoms. The fourth-order valence-corrected chi connectivity index (χ4v) is 2.01. The lowest BCUT2D eigenvalue weighted by Gasteiger charge is -2.07. The Balaban J connectivity index is 2.13. The van der Waals surface area contributed by atoms with Crippen LogP contribution in [0.4, 0.5) is 8.78 Å². The Hall–Kier alpha value is -1.49. The summed E-state index contributed by atoms with van der Waals surface area (Å²) in [6, 6.07) is 3.48. The van der Waals surface area contributed by atoms with E-state index >= 15 is 0 Å². The van der Waals surface area contributed by atoms with Gasteiger partial charge in [0.25, 0.3) is 0 Å². The zero-order valence-corrected chi connectivity index (χ0v) is 10.6. The van der Waals surface area contributed by atoms with E-state index in [1.54, 1.807) is 4.57 Å². The first-order chi connectivity index (χ1) is 8.60. The third-order valence-electron chi connectivity index (χ3n) is 2.64. The largest absolute Gasteiger partial charge is 0.301 e. The van der Waals surface area contributed by atoms with E-state index in [0.29, 0.717) is 30.2 Å². The number of nitrogens with zero attached hydrogens (tertiary/aromatic N) is 3. The Kier molecular flexibility index (Phi) is 3.91. The molecular weight excluding hydrogens is 260 g/mol. The van der Waals surface area contributed by atoms with Gasteiger partial charge in [-0.05, 0) is 35.7 Å². The molecule has 96 valence electrons. The highest BCUT2D eigenvalue weighted by Crippen LogP contribution is 2.13. The minimum atomic E-state index is -0.574. The molecule has 0 aliphatic heterocycles. The molecule has 18 heavy (non-hydrogen) atoms. The number of hydrogen-bond donors (Lipinski definition) is 0. The van der Waals surface area contributed by atoms with Gasteiger partial charge in [-0.3, -0.25) is 0 Å². The van der Waals surface area contributed by atoms with Crippen LogP contribution in [0.3, 0.4) is 0 Å². The standard InChI is InChI=1S/C12H12ClF2N3/c1-2-11-16-17-12(13)18(11)4-3-8-5-9(14)7-10(15)6-8/h5-7H,2-4H2,1H3. The minimum Gasteiger partial charge on any atom is -0.301 e. The SMILES string of the molecule is CCc1nnc(Cl)n1CCc1cc(F)cc(F)c1. The molecule has 0 spiro atoms. The summed E-state index contributed by atoms with van der Waals surface area (Å²) in [7, 11) is 0. The van der Waals surface area contributed by atoms with Crippen LogP contribution in [0.5, 0.6) is 0 Å².